The molecular formula is C16H25N3. The van der Waals surface area contributed by atoms with E-state index in [1.165, 1.54) is 0 Å². The van der Waals surface area contributed by atoms with Crippen LogP contribution < -0.4 is 10.6 Å². The predicted octanol–water partition coefficient (Wildman–Crippen LogP) is 3.36. The van der Waals surface area contributed by atoms with Gasteiger partial charge in [0.15, 0.2) is 0 Å². The summed E-state index contributed by atoms with van der Waals surface area (Å²) in [4.78, 5) is 4.65. The molecule has 0 heterocycles. The molecule has 2 N–H and O–H groups in total. The lowest BCUT2D eigenvalue weighted by Crippen LogP contribution is -2.18. The zero-order chi connectivity index (χ0) is 14.1. The first-order valence-electron chi connectivity index (χ1n) is 6.90. The van der Waals surface area contributed by atoms with Crippen LogP contribution in [0, 0.1) is 0 Å². The lowest BCUT2D eigenvalue weighted by atomic mass is 10.1. The van der Waals surface area contributed by atoms with Crippen LogP contribution >= 0.6 is 0 Å². The van der Waals surface area contributed by atoms with Crippen LogP contribution in [0.4, 0.5) is 5.69 Å². The second-order valence-electron chi connectivity index (χ2n) is 4.58. The zero-order valence-electron chi connectivity index (χ0n) is 12.3. The van der Waals surface area contributed by atoms with Gasteiger partial charge in [-0.2, -0.15) is 0 Å². The number of aliphatic imine (C=N–C) groups is 1. The SMILES string of the molecule is C=C(NCCCNC)c1ccccc1N=C(C)CC. The lowest BCUT2D eigenvalue weighted by molar-refractivity contribution is 0.698. The minimum absolute atomic E-state index is 0.921. The topological polar surface area (TPSA) is 36.4 Å². The molecule has 0 aliphatic carbocycles. The van der Waals surface area contributed by atoms with E-state index in [2.05, 4.69) is 42.1 Å². The first-order valence-corrected chi connectivity index (χ1v) is 6.90. The molecule has 0 saturated heterocycles. The van der Waals surface area contributed by atoms with Crippen molar-refractivity contribution in [3.8, 4) is 0 Å². The molecule has 0 saturated carbocycles. The van der Waals surface area contributed by atoms with Crippen LogP contribution in [0.25, 0.3) is 5.70 Å². The monoisotopic (exact) mass is 259 g/mol. The molecule has 0 radical (unpaired) electrons. The third kappa shape index (κ3) is 5.26. The van der Waals surface area contributed by atoms with Crippen molar-refractivity contribution in [3.05, 3.63) is 36.4 Å². The first kappa shape index (κ1) is 15.4. The zero-order valence-corrected chi connectivity index (χ0v) is 12.3. The highest BCUT2D eigenvalue weighted by Gasteiger charge is 2.04. The van der Waals surface area contributed by atoms with E-state index in [0.717, 1.165) is 48.6 Å². The minimum atomic E-state index is 0.921. The van der Waals surface area contributed by atoms with Crippen LogP contribution in [0.15, 0.2) is 35.8 Å². The Kier molecular flexibility index (Phi) is 6.90. The molecule has 0 aliphatic heterocycles. The Morgan fingerprint density at radius 3 is 2.68 bits per heavy atom. The summed E-state index contributed by atoms with van der Waals surface area (Å²) >= 11 is 0. The highest BCUT2D eigenvalue weighted by Crippen LogP contribution is 2.24. The van der Waals surface area contributed by atoms with Crippen molar-refractivity contribution < 1.29 is 0 Å². The Balaban J connectivity index is 2.74. The molecule has 0 aliphatic rings. The van der Waals surface area contributed by atoms with Crippen LogP contribution in [-0.2, 0) is 0 Å². The van der Waals surface area contributed by atoms with E-state index in [0.29, 0.717) is 0 Å². The van der Waals surface area contributed by atoms with Gasteiger partial charge in [0, 0.05) is 23.5 Å². The van der Waals surface area contributed by atoms with Crippen molar-refractivity contribution in [3.63, 3.8) is 0 Å². The van der Waals surface area contributed by atoms with Gasteiger partial charge in [0.25, 0.3) is 0 Å². The fourth-order valence-electron chi connectivity index (χ4n) is 1.71. The Morgan fingerprint density at radius 2 is 2.00 bits per heavy atom. The number of hydrogen-bond donors (Lipinski definition) is 2. The standard InChI is InChI=1S/C16H25N3/c1-5-13(2)19-16-10-7-6-9-15(16)14(3)18-12-8-11-17-4/h6-7,9-10,17-18H,3,5,8,11-12H2,1-2,4H3. The maximum Gasteiger partial charge on any atom is 0.0721 e. The van der Waals surface area contributed by atoms with Crippen LogP contribution in [-0.4, -0.2) is 25.8 Å². The third-order valence-electron chi connectivity index (χ3n) is 2.99. The summed E-state index contributed by atoms with van der Waals surface area (Å²) in [5, 5.41) is 6.50. The van der Waals surface area contributed by atoms with E-state index in [1.807, 2.05) is 25.2 Å². The second kappa shape index (κ2) is 8.48. The van der Waals surface area contributed by atoms with E-state index >= 15 is 0 Å². The van der Waals surface area contributed by atoms with Crippen molar-refractivity contribution in [2.75, 3.05) is 20.1 Å². The molecule has 19 heavy (non-hydrogen) atoms. The molecule has 1 rings (SSSR count). The van der Waals surface area contributed by atoms with Crippen molar-refractivity contribution in [2.24, 2.45) is 4.99 Å². The summed E-state index contributed by atoms with van der Waals surface area (Å²) in [5.41, 5.74) is 4.16. The molecule has 0 bridgehead atoms. The van der Waals surface area contributed by atoms with Crippen LogP contribution in [0.2, 0.25) is 0 Å². The summed E-state index contributed by atoms with van der Waals surface area (Å²) in [6, 6.07) is 8.14. The van der Waals surface area contributed by atoms with E-state index in [9.17, 15) is 0 Å². The molecule has 0 aromatic heterocycles. The third-order valence-corrected chi connectivity index (χ3v) is 2.99. The molecule has 3 heteroatoms. The summed E-state index contributed by atoms with van der Waals surface area (Å²) in [6.07, 6.45) is 2.05. The minimum Gasteiger partial charge on any atom is -0.385 e. The van der Waals surface area contributed by atoms with Gasteiger partial charge < -0.3 is 10.6 Å². The maximum absolute atomic E-state index is 4.65. The maximum atomic E-state index is 4.65. The average Bonchev–Trinajstić information content (AvgIpc) is 2.43. The van der Waals surface area contributed by atoms with E-state index in [1.54, 1.807) is 0 Å². The van der Waals surface area contributed by atoms with Gasteiger partial charge in [0.05, 0.1) is 5.69 Å². The summed E-state index contributed by atoms with van der Waals surface area (Å²) in [5.74, 6) is 0. The smallest absolute Gasteiger partial charge is 0.0721 e. The van der Waals surface area contributed by atoms with Gasteiger partial charge in [-0.25, -0.2) is 0 Å². The average molecular weight is 259 g/mol. The molecule has 0 atom stereocenters. The van der Waals surface area contributed by atoms with Gasteiger partial charge in [0.1, 0.15) is 0 Å². The van der Waals surface area contributed by atoms with Crippen LogP contribution in [0.3, 0.4) is 0 Å². The number of nitrogens with zero attached hydrogens (tertiary/aromatic N) is 1. The first-order chi connectivity index (χ1) is 9.19. The Hall–Kier alpha value is -1.61. The summed E-state index contributed by atoms with van der Waals surface area (Å²) < 4.78 is 0. The molecule has 1 aromatic rings. The largest absolute Gasteiger partial charge is 0.385 e. The van der Waals surface area contributed by atoms with E-state index < -0.39 is 0 Å². The quantitative estimate of drug-likeness (QED) is 0.555. The molecule has 3 nitrogen and oxygen atoms in total. The van der Waals surface area contributed by atoms with Crippen molar-refractivity contribution >= 4 is 17.1 Å². The van der Waals surface area contributed by atoms with Gasteiger partial charge >= 0.3 is 0 Å². The number of nitrogens with one attached hydrogen (secondary N) is 2. The van der Waals surface area contributed by atoms with Crippen LogP contribution in [0.1, 0.15) is 32.3 Å². The van der Waals surface area contributed by atoms with Gasteiger partial charge in [-0.05, 0) is 39.4 Å². The molecule has 0 spiro atoms. The molecule has 1 aromatic carbocycles. The number of para-hydroxylation sites is 1. The van der Waals surface area contributed by atoms with Crippen molar-refractivity contribution in [2.45, 2.75) is 26.7 Å². The highest BCUT2D eigenvalue weighted by atomic mass is 14.9. The fraction of sp³-hybridized carbons (Fsp3) is 0.438. The Bertz CT molecular complexity index is 435. The molecule has 0 unspecified atom stereocenters. The Morgan fingerprint density at radius 1 is 1.26 bits per heavy atom. The van der Waals surface area contributed by atoms with Crippen molar-refractivity contribution in [1.82, 2.24) is 10.6 Å². The molecule has 0 amide bonds. The normalized spacial score (nSPS) is 11.4. The van der Waals surface area contributed by atoms with E-state index in [4.69, 9.17) is 0 Å². The van der Waals surface area contributed by atoms with Crippen LogP contribution in [0.5, 0.6) is 0 Å². The lowest BCUT2D eigenvalue weighted by Gasteiger charge is -2.12. The van der Waals surface area contributed by atoms with Gasteiger partial charge in [-0.15, -0.1) is 0 Å². The van der Waals surface area contributed by atoms with Gasteiger partial charge in [0.2, 0.25) is 0 Å². The van der Waals surface area contributed by atoms with Gasteiger partial charge in [-0.3, -0.25) is 4.99 Å². The Labute approximate surface area is 116 Å². The molecule has 0 fully saturated rings. The number of benzene rings is 1. The summed E-state index contributed by atoms with van der Waals surface area (Å²) in [7, 11) is 1.96. The number of hydrogen-bond acceptors (Lipinski definition) is 3. The molecular weight excluding hydrogens is 234 g/mol. The fourth-order valence-corrected chi connectivity index (χ4v) is 1.71. The van der Waals surface area contributed by atoms with Crippen molar-refractivity contribution in [1.29, 1.82) is 0 Å². The molecule has 104 valence electrons. The van der Waals surface area contributed by atoms with E-state index in [-0.39, 0.29) is 0 Å². The number of rotatable bonds is 8. The van der Waals surface area contributed by atoms with Gasteiger partial charge in [-0.1, -0.05) is 31.7 Å². The highest BCUT2D eigenvalue weighted by molar-refractivity contribution is 5.86. The second-order valence-corrected chi connectivity index (χ2v) is 4.58. The summed E-state index contributed by atoms with van der Waals surface area (Å²) in [6.45, 7) is 10.2. The predicted molar refractivity (Wildman–Crippen MR) is 85.1 cm³/mol.